The van der Waals surface area contributed by atoms with Crippen LogP contribution in [0, 0.1) is 0 Å². The molecule has 0 heterocycles. The Hall–Kier alpha value is -2.04. The van der Waals surface area contributed by atoms with Gasteiger partial charge in [-0.1, -0.05) is 35.9 Å². The van der Waals surface area contributed by atoms with E-state index in [1.165, 1.54) is 0 Å². The van der Waals surface area contributed by atoms with Gasteiger partial charge in [0.05, 0.1) is 17.3 Å². The van der Waals surface area contributed by atoms with E-state index in [4.69, 9.17) is 11.6 Å². The van der Waals surface area contributed by atoms with E-state index in [2.05, 4.69) is 12.2 Å². The quantitative estimate of drug-likeness (QED) is 0.850. The summed E-state index contributed by atoms with van der Waals surface area (Å²) < 4.78 is 0. The molecule has 23 heavy (non-hydrogen) atoms. The highest BCUT2D eigenvalue weighted by Crippen LogP contribution is 2.20. The zero-order valence-electron chi connectivity index (χ0n) is 13.3. The van der Waals surface area contributed by atoms with Gasteiger partial charge >= 0.3 is 0 Å². The van der Waals surface area contributed by atoms with E-state index in [1.54, 1.807) is 24.3 Å². The number of aromatic hydroxyl groups is 1. The highest BCUT2D eigenvalue weighted by atomic mass is 35.5. The summed E-state index contributed by atoms with van der Waals surface area (Å²) in [7, 11) is 1.91. The van der Waals surface area contributed by atoms with Crippen molar-refractivity contribution in [2.24, 2.45) is 0 Å². The molecule has 2 aromatic rings. The molecule has 2 aromatic carbocycles. The van der Waals surface area contributed by atoms with E-state index in [0.717, 1.165) is 12.0 Å². The number of rotatable bonds is 6. The molecule has 0 unspecified atom stereocenters. The number of carbonyl (C=O) groups excluding carboxylic acids is 1. The normalized spacial score (nSPS) is 12.2. The molecule has 0 aliphatic rings. The van der Waals surface area contributed by atoms with Gasteiger partial charge < -0.3 is 10.4 Å². The molecule has 5 heteroatoms. The Morgan fingerprint density at radius 1 is 1.22 bits per heavy atom. The largest absolute Gasteiger partial charge is 0.508 e. The molecule has 0 fully saturated rings. The molecule has 0 aliphatic heterocycles. The first kappa shape index (κ1) is 17.3. The highest BCUT2D eigenvalue weighted by molar-refractivity contribution is 6.33. The van der Waals surface area contributed by atoms with Crippen LogP contribution in [0.2, 0.25) is 5.02 Å². The van der Waals surface area contributed by atoms with Gasteiger partial charge in [0.1, 0.15) is 5.75 Å². The van der Waals surface area contributed by atoms with Gasteiger partial charge in [0.15, 0.2) is 0 Å². The molecule has 122 valence electrons. The summed E-state index contributed by atoms with van der Waals surface area (Å²) in [6.07, 6.45) is 0.802. The number of nitrogens with zero attached hydrogens (tertiary/aromatic N) is 1. The minimum Gasteiger partial charge on any atom is -0.508 e. The smallest absolute Gasteiger partial charge is 0.238 e. The Bertz CT molecular complexity index is 658. The Balaban J connectivity index is 1.87. The first-order valence-corrected chi connectivity index (χ1v) is 7.86. The van der Waals surface area contributed by atoms with Crippen LogP contribution in [0.4, 0.5) is 5.69 Å². The molecule has 0 saturated carbocycles. The van der Waals surface area contributed by atoms with Crippen molar-refractivity contribution in [3.05, 3.63) is 59.1 Å². The molecule has 0 aliphatic carbocycles. The van der Waals surface area contributed by atoms with Crippen molar-refractivity contribution in [3.63, 3.8) is 0 Å². The third kappa shape index (κ3) is 5.27. The van der Waals surface area contributed by atoms with Gasteiger partial charge in [0.25, 0.3) is 0 Å². The van der Waals surface area contributed by atoms with Gasteiger partial charge in [0, 0.05) is 6.04 Å². The van der Waals surface area contributed by atoms with E-state index >= 15 is 0 Å². The molecule has 0 radical (unpaired) electrons. The number of nitrogens with one attached hydrogen (secondary N) is 1. The van der Waals surface area contributed by atoms with Gasteiger partial charge in [-0.25, -0.2) is 0 Å². The standard InChI is InChI=1S/C18H21ClN2O2/c1-13(11-14-7-9-15(22)10-8-14)21(2)12-18(23)20-17-6-4-3-5-16(17)19/h3-10,13,22H,11-12H2,1-2H3,(H,20,23)/t13-/m0/s1. The van der Waals surface area contributed by atoms with E-state index in [1.807, 2.05) is 36.2 Å². The topological polar surface area (TPSA) is 52.6 Å². The second-order valence-corrected chi connectivity index (χ2v) is 6.07. The van der Waals surface area contributed by atoms with Crippen LogP contribution in [0.5, 0.6) is 5.75 Å². The number of phenolic OH excluding ortho intramolecular Hbond substituents is 1. The number of amides is 1. The first-order chi connectivity index (χ1) is 11.0. The van der Waals surface area contributed by atoms with E-state index in [9.17, 15) is 9.90 Å². The van der Waals surface area contributed by atoms with Crippen LogP contribution in [0.3, 0.4) is 0 Å². The summed E-state index contributed by atoms with van der Waals surface area (Å²) >= 11 is 6.04. The van der Waals surface area contributed by atoms with Gasteiger partial charge in [0.2, 0.25) is 5.91 Å². The Kier molecular flexibility index (Phi) is 6.02. The molecule has 0 aromatic heterocycles. The second-order valence-electron chi connectivity index (χ2n) is 5.66. The lowest BCUT2D eigenvalue weighted by Gasteiger charge is -2.24. The van der Waals surface area contributed by atoms with E-state index < -0.39 is 0 Å². The number of hydrogen-bond donors (Lipinski definition) is 2. The molecule has 1 amide bonds. The highest BCUT2D eigenvalue weighted by Gasteiger charge is 2.14. The van der Waals surface area contributed by atoms with Crippen molar-refractivity contribution in [1.29, 1.82) is 0 Å². The number of phenols is 1. The van der Waals surface area contributed by atoms with Crippen LogP contribution in [0.1, 0.15) is 12.5 Å². The van der Waals surface area contributed by atoms with Crippen molar-refractivity contribution in [2.75, 3.05) is 18.9 Å². The minimum absolute atomic E-state index is 0.0989. The van der Waals surface area contributed by atoms with Crippen LogP contribution in [-0.4, -0.2) is 35.5 Å². The molecule has 0 saturated heterocycles. The van der Waals surface area contributed by atoms with Crippen molar-refractivity contribution in [2.45, 2.75) is 19.4 Å². The van der Waals surface area contributed by atoms with Crippen LogP contribution >= 0.6 is 11.6 Å². The molecule has 0 spiro atoms. The average molecular weight is 333 g/mol. The molecule has 0 bridgehead atoms. The lowest BCUT2D eigenvalue weighted by atomic mass is 10.1. The number of para-hydroxylation sites is 1. The maximum absolute atomic E-state index is 12.1. The number of halogens is 1. The molecular formula is C18H21ClN2O2. The molecule has 4 nitrogen and oxygen atoms in total. The fourth-order valence-corrected chi connectivity index (χ4v) is 2.45. The third-order valence-electron chi connectivity index (χ3n) is 3.76. The monoisotopic (exact) mass is 332 g/mol. The summed E-state index contributed by atoms with van der Waals surface area (Å²) in [5.41, 5.74) is 1.74. The zero-order valence-corrected chi connectivity index (χ0v) is 14.0. The second kappa shape index (κ2) is 7.99. The summed E-state index contributed by atoms with van der Waals surface area (Å²) in [6.45, 7) is 2.35. The first-order valence-electron chi connectivity index (χ1n) is 7.48. The van der Waals surface area contributed by atoms with E-state index in [0.29, 0.717) is 10.7 Å². The van der Waals surface area contributed by atoms with Crippen molar-refractivity contribution >= 4 is 23.2 Å². The van der Waals surface area contributed by atoms with Crippen LogP contribution in [0.15, 0.2) is 48.5 Å². The van der Waals surface area contributed by atoms with Crippen LogP contribution in [-0.2, 0) is 11.2 Å². The summed E-state index contributed by atoms with van der Waals surface area (Å²) in [5, 5.41) is 12.7. The maximum Gasteiger partial charge on any atom is 0.238 e. The predicted molar refractivity (Wildman–Crippen MR) is 94.0 cm³/mol. The molecule has 2 rings (SSSR count). The Morgan fingerprint density at radius 3 is 2.52 bits per heavy atom. The average Bonchev–Trinajstić information content (AvgIpc) is 2.51. The lowest BCUT2D eigenvalue weighted by Crippen LogP contribution is -2.37. The number of benzene rings is 2. The number of anilines is 1. The Morgan fingerprint density at radius 2 is 1.87 bits per heavy atom. The van der Waals surface area contributed by atoms with Gasteiger partial charge in [-0.3, -0.25) is 9.69 Å². The van der Waals surface area contributed by atoms with Crippen molar-refractivity contribution < 1.29 is 9.90 Å². The minimum atomic E-state index is -0.0989. The third-order valence-corrected chi connectivity index (χ3v) is 4.09. The summed E-state index contributed by atoms with van der Waals surface area (Å²) in [6, 6.07) is 14.5. The maximum atomic E-state index is 12.1. The molecule has 2 N–H and O–H groups in total. The van der Waals surface area contributed by atoms with Gasteiger partial charge in [-0.15, -0.1) is 0 Å². The Labute approximate surface area is 141 Å². The van der Waals surface area contributed by atoms with Crippen LogP contribution in [0.25, 0.3) is 0 Å². The van der Waals surface area contributed by atoms with Gasteiger partial charge in [-0.2, -0.15) is 0 Å². The fourth-order valence-electron chi connectivity index (χ4n) is 2.26. The predicted octanol–water partition coefficient (Wildman–Crippen LogP) is 3.55. The van der Waals surface area contributed by atoms with Crippen LogP contribution < -0.4 is 5.32 Å². The number of carbonyl (C=O) groups is 1. The summed E-state index contributed by atoms with van der Waals surface area (Å²) in [4.78, 5) is 14.1. The van der Waals surface area contributed by atoms with Crippen molar-refractivity contribution in [3.8, 4) is 5.75 Å². The zero-order chi connectivity index (χ0) is 16.8. The summed E-state index contributed by atoms with van der Waals surface area (Å²) in [5.74, 6) is 0.159. The van der Waals surface area contributed by atoms with E-state index in [-0.39, 0.29) is 24.2 Å². The number of likely N-dealkylation sites (N-methyl/N-ethyl adjacent to an activating group) is 1. The van der Waals surface area contributed by atoms with Gasteiger partial charge in [-0.05, 0) is 50.2 Å². The lowest BCUT2D eigenvalue weighted by molar-refractivity contribution is -0.117. The SMILES string of the molecule is C[C@@H](Cc1ccc(O)cc1)N(C)CC(=O)Nc1ccccc1Cl. The molecule has 1 atom stereocenters. The molecular weight excluding hydrogens is 312 g/mol. The number of hydrogen-bond acceptors (Lipinski definition) is 3. The van der Waals surface area contributed by atoms with Crippen molar-refractivity contribution in [1.82, 2.24) is 4.90 Å². The fraction of sp³-hybridized carbons (Fsp3) is 0.278.